The maximum atomic E-state index is 14.4. The maximum Gasteiger partial charge on any atom is 0.329 e. The van der Waals surface area contributed by atoms with Crippen molar-refractivity contribution in [3.8, 4) is 17.2 Å². The van der Waals surface area contributed by atoms with Crippen molar-refractivity contribution < 1.29 is 42.9 Å². The Morgan fingerprint density at radius 3 is 2.31 bits per heavy atom. The van der Waals surface area contributed by atoms with Crippen molar-refractivity contribution in [3.63, 3.8) is 0 Å². The molecule has 2 heterocycles. The third kappa shape index (κ3) is 11.3. The molecule has 0 spiro atoms. The molecule has 0 aromatic heterocycles. The largest absolute Gasteiger partial charge is 0.493 e. The fraction of sp³-hybridized carbons (Fsp3) is 0.511. The monoisotopic (exact) mass is 796 g/mol. The summed E-state index contributed by atoms with van der Waals surface area (Å²) in [4.78, 5) is 68.1. The topological polar surface area (TPSA) is 129 Å². The van der Waals surface area contributed by atoms with Crippen LogP contribution in [0.4, 0.5) is 0 Å². The van der Waals surface area contributed by atoms with Crippen LogP contribution in [0, 0.1) is 20.8 Å². The zero-order valence-electron chi connectivity index (χ0n) is 35.1. The van der Waals surface area contributed by atoms with Crippen LogP contribution in [0.3, 0.4) is 0 Å². The number of carbonyl (C=O) groups is 5. The molecule has 312 valence electrons. The number of rotatable bonds is 20. The molecule has 0 bridgehead atoms. The predicted octanol–water partition coefficient (Wildman–Crippen LogP) is 8.08. The first-order valence-electron chi connectivity index (χ1n) is 20.8. The Labute approximate surface area is 343 Å². The highest BCUT2D eigenvalue weighted by molar-refractivity contribution is 6.01. The van der Waals surface area contributed by atoms with Gasteiger partial charge in [-0.15, -0.1) is 0 Å². The third-order valence-corrected chi connectivity index (χ3v) is 11.5. The molecule has 3 atom stereocenters. The highest BCUT2D eigenvalue weighted by atomic mass is 16.5. The van der Waals surface area contributed by atoms with Gasteiger partial charge in [0, 0.05) is 32.4 Å². The van der Waals surface area contributed by atoms with Crippen molar-refractivity contribution in [2.45, 2.75) is 123 Å². The van der Waals surface area contributed by atoms with Gasteiger partial charge >= 0.3 is 5.97 Å². The van der Waals surface area contributed by atoms with E-state index in [1.807, 2.05) is 44.2 Å². The van der Waals surface area contributed by atoms with E-state index in [-0.39, 0.29) is 43.0 Å². The second kappa shape index (κ2) is 21.0. The van der Waals surface area contributed by atoms with Gasteiger partial charge in [0.1, 0.15) is 24.5 Å². The summed E-state index contributed by atoms with van der Waals surface area (Å²) >= 11 is 0. The molecule has 3 amide bonds. The quantitative estimate of drug-likeness (QED) is 0.0633. The highest BCUT2D eigenvalue weighted by Crippen LogP contribution is 2.37. The van der Waals surface area contributed by atoms with Crippen molar-refractivity contribution >= 4 is 29.5 Å². The molecule has 5 rings (SSSR count). The number of likely N-dealkylation sites (tertiary alicyclic amines) is 2. The van der Waals surface area contributed by atoms with Gasteiger partial charge in [-0.2, -0.15) is 0 Å². The van der Waals surface area contributed by atoms with Crippen molar-refractivity contribution in [1.29, 1.82) is 0 Å². The molecule has 0 saturated carbocycles. The molecular formula is C47H60N2O9. The number of aryl methyl sites for hydroxylation is 4. The van der Waals surface area contributed by atoms with Crippen molar-refractivity contribution in [2.75, 3.05) is 33.9 Å². The van der Waals surface area contributed by atoms with Gasteiger partial charge in [-0.05, 0) is 124 Å². The normalized spacial score (nSPS) is 16.6. The average Bonchev–Trinajstić information content (AvgIpc) is 3.55. The number of benzene rings is 3. The second-order valence-electron chi connectivity index (χ2n) is 15.6. The van der Waals surface area contributed by atoms with Gasteiger partial charge in [-0.3, -0.25) is 24.1 Å². The van der Waals surface area contributed by atoms with E-state index in [4.69, 9.17) is 18.9 Å². The molecule has 0 unspecified atom stereocenters. The number of unbranched alkanes of at least 4 members (excludes halogenated alkanes) is 2. The minimum Gasteiger partial charge on any atom is -0.493 e. The summed E-state index contributed by atoms with van der Waals surface area (Å²) in [5.41, 5.74) is 5.95. The number of piperidine rings is 1. The Morgan fingerprint density at radius 1 is 0.828 bits per heavy atom. The average molecular weight is 797 g/mol. The van der Waals surface area contributed by atoms with Crippen LogP contribution in [0.1, 0.15) is 123 Å². The Bertz CT molecular complexity index is 1920. The summed E-state index contributed by atoms with van der Waals surface area (Å²) in [6.07, 6.45) is 6.13. The SMILES string of the molecule is CC[C@H](C(=O)N1CCCC[C@H]1C(=O)O[C@H](CCc1ccc(C)c(C)c1)c1cccc(OCC(=O)CCCCCN2C(=O)CCC2=O)c1)c1cc(C)c(OC)c(OC)c1. The van der Waals surface area contributed by atoms with Crippen LogP contribution in [-0.4, -0.2) is 79.2 Å². The minimum absolute atomic E-state index is 0.0490. The van der Waals surface area contributed by atoms with Gasteiger partial charge in [0.15, 0.2) is 17.3 Å². The number of hydrogen-bond acceptors (Lipinski definition) is 9. The van der Waals surface area contributed by atoms with E-state index in [0.29, 0.717) is 75.3 Å². The molecule has 2 aliphatic heterocycles. The first-order chi connectivity index (χ1) is 27.9. The zero-order chi connectivity index (χ0) is 41.8. The molecule has 3 aromatic carbocycles. The molecule has 3 aromatic rings. The van der Waals surface area contributed by atoms with Gasteiger partial charge in [0.25, 0.3) is 0 Å². The van der Waals surface area contributed by atoms with Crippen molar-refractivity contribution in [2.24, 2.45) is 0 Å². The fourth-order valence-corrected chi connectivity index (χ4v) is 8.03. The number of ether oxygens (including phenoxy) is 4. The van der Waals surface area contributed by atoms with E-state index in [9.17, 15) is 24.0 Å². The van der Waals surface area contributed by atoms with Gasteiger partial charge in [0.2, 0.25) is 17.7 Å². The fourth-order valence-electron chi connectivity index (χ4n) is 8.03. The number of methoxy groups -OCH3 is 2. The van der Waals surface area contributed by atoms with Gasteiger partial charge < -0.3 is 23.8 Å². The maximum absolute atomic E-state index is 14.4. The van der Waals surface area contributed by atoms with Gasteiger partial charge in [0.05, 0.1) is 20.1 Å². The number of imide groups is 1. The van der Waals surface area contributed by atoms with Crippen LogP contribution in [0.15, 0.2) is 54.6 Å². The van der Waals surface area contributed by atoms with Crippen LogP contribution >= 0.6 is 0 Å². The van der Waals surface area contributed by atoms with Crippen LogP contribution in [-0.2, 0) is 35.1 Å². The molecule has 2 aliphatic rings. The van der Waals surface area contributed by atoms with E-state index < -0.39 is 24.0 Å². The molecule has 0 aliphatic carbocycles. The Morgan fingerprint density at radius 2 is 1.60 bits per heavy atom. The number of Topliss-reactive ketones (excluding diaryl/α,β-unsaturated/α-hetero) is 1. The van der Waals surface area contributed by atoms with E-state index in [1.165, 1.54) is 16.0 Å². The third-order valence-electron chi connectivity index (χ3n) is 11.5. The van der Waals surface area contributed by atoms with Crippen LogP contribution in [0.2, 0.25) is 0 Å². The number of nitrogens with zero attached hydrogens (tertiary/aromatic N) is 2. The molecule has 11 heteroatoms. The summed E-state index contributed by atoms with van der Waals surface area (Å²) in [7, 11) is 3.17. The summed E-state index contributed by atoms with van der Waals surface area (Å²) in [5, 5.41) is 0. The molecule has 2 saturated heterocycles. The number of esters is 1. The van der Waals surface area contributed by atoms with E-state index >= 15 is 0 Å². The molecule has 58 heavy (non-hydrogen) atoms. The van der Waals surface area contributed by atoms with Crippen LogP contribution < -0.4 is 14.2 Å². The number of ketones is 1. The van der Waals surface area contributed by atoms with Crippen LogP contribution in [0.5, 0.6) is 17.2 Å². The van der Waals surface area contributed by atoms with Crippen molar-refractivity contribution in [1.82, 2.24) is 9.80 Å². The first kappa shape index (κ1) is 43.9. The summed E-state index contributed by atoms with van der Waals surface area (Å²) in [6, 6.07) is 16.8. The lowest BCUT2D eigenvalue weighted by molar-refractivity contribution is -0.162. The standard InChI is InChI=1S/C47H60N2O9/c1-7-39(36-27-33(4)45(56-6)42(29-36)55-5)46(53)48-24-12-10-17-40(48)47(54)58-41(21-20-34-19-18-31(2)32(3)26-34)35-14-13-16-38(28-35)57-30-37(50)15-9-8-11-25-49-43(51)22-23-44(49)52/h13-14,16,18-19,26-29,39-41H,7-12,15,17,20-25,30H2,1-6H3/t39-,40-,41+/m0/s1. The summed E-state index contributed by atoms with van der Waals surface area (Å²) in [6.45, 7) is 8.82. The van der Waals surface area contributed by atoms with Crippen LogP contribution in [0.25, 0.3) is 0 Å². The lowest BCUT2D eigenvalue weighted by Gasteiger charge is -2.37. The Hall–Kier alpha value is -5.19. The lowest BCUT2D eigenvalue weighted by Crippen LogP contribution is -2.50. The predicted molar refractivity (Wildman–Crippen MR) is 221 cm³/mol. The lowest BCUT2D eigenvalue weighted by atomic mass is 9.91. The summed E-state index contributed by atoms with van der Waals surface area (Å²) < 4.78 is 23.5. The number of hydrogen-bond donors (Lipinski definition) is 0. The summed E-state index contributed by atoms with van der Waals surface area (Å²) in [5.74, 6) is 0.372. The molecule has 11 nitrogen and oxygen atoms in total. The molecular weight excluding hydrogens is 737 g/mol. The van der Waals surface area contributed by atoms with Gasteiger partial charge in [-0.1, -0.05) is 49.7 Å². The zero-order valence-corrected chi connectivity index (χ0v) is 35.1. The van der Waals surface area contributed by atoms with Crippen molar-refractivity contribution in [3.05, 3.63) is 88.0 Å². The minimum atomic E-state index is -0.728. The van der Waals surface area contributed by atoms with E-state index in [1.54, 1.807) is 25.2 Å². The Balaban J connectivity index is 1.27. The van der Waals surface area contributed by atoms with E-state index in [2.05, 4.69) is 32.0 Å². The number of amides is 3. The Kier molecular flexibility index (Phi) is 15.9. The first-order valence-corrected chi connectivity index (χ1v) is 20.8. The second-order valence-corrected chi connectivity index (χ2v) is 15.6. The molecule has 2 fully saturated rings. The van der Waals surface area contributed by atoms with E-state index in [0.717, 1.165) is 41.5 Å². The molecule has 0 N–H and O–H groups in total. The number of carbonyl (C=O) groups excluding carboxylic acids is 5. The smallest absolute Gasteiger partial charge is 0.329 e. The molecule has 0 radical (unpaired) electrons. The van der Waals surface area contributed by atoms with Gasteiger partial charge in [-0.25, -0.2) is 4.79 Å². The highest BCUT2D eigenvalue weighted by Gasteiger charge is 2.38.